The summed E-state index contributed by atoms with van der Waals surface area (Å²) >= 11 is 5.30. The van der Waals surface area contributed by atoms with E-state index < -0.39 is 5.60 Å². The average molecular weight is 391 g/mol. The third-order valence-corrected chi connectivity index (χ3v) is 5.22. The lowest BCUT2D eigenvalue weighted by Gasteiger charge is -2.26. The van der Waals surface area contributed by atoms with Gasteiger partial charge >= 0.3 is 6.09 Å². The van der Waals surface area contributed by atoms with E-state index in [0.29, 0.717) is 12.5 Å². The number of thiophene rings is 1. The van der Waals surface area contributed by atoms with E-state index in [4.69, 9.17) is 4.74 Å². The minimum atomic E-state index is -0.472. The Morgan fingerprint density at radius 3 is 2.50 bits per heavy atom. The van der Waals surface area contributed by atoms with Crippen molar-refractivity contribution >= 4 is 33.4 Å². The van der Waals surface area contributed by atoms with Gasteiger partial charge in [0.25, 0.3) is 0 Å². The van der Waals surface area contributed by atoms with Crippen LogP contribution in [0.4, 0.5) is 4.79 Å². The summed E-state index contributed by atoms with van der Waals surface area (Å²) in [4.78, 5) is 14.5. The highest BCUT2D eigenvalue weighted by Gasteiger charge is 2.21. The molecule has 6 heteroatoms. The zero-order valence-corrected chi connectivity index (χ0v) is 16.7. The first kappa shape index (κ1) is 19.5. The van der Waals surface area contributed by atoms with E-state index in [-0.39, 0.29) is 12.1 Å². The predicted molar refractivity (Wildman–Crippen MR) is 96.5 cm³/mol. The normalized spacial score (nSPS) is 13.3. The zero-order chi connectivity index (χ0) is 16.9. The van der Waals surface area contributed by atoms with E-state index >= 15 is 0 Å². The molecule has 0 saturated heterocycles. The van der Waals surface area contributed by atoms with Gasteiger partial charge in [0.15, 0.2) is 0 Å². The Kier molecular flexibility index (Phi) is 7.35. The average Bonchev–Trinajstić information content (AvgIpc) is 2.65. The molecule has 1 heterocycles. The number of hydrogen-bond donors (Lipinski definition) is 2. The molecule has 1 amide bonds. The molecule has 126 valence electrons. The highest BCUT2D eigenvalue weighted by molar-refractivity contribution is 9.10. The second-order valence-electron chi connectivity index (χ2n) is 6.74. The van der Waals surface area contributed by atoms with E-state index in [1.807, 2.05) is 20.8 Å². The molecule has 1 rings (SSSR count). The van der Waals surface area contributed by atoms with Gasteiger partial charge in [-0.3, -0.25) is 0 Å². The number of carbonyl (C=O) groups excluding carboxylic acids is 1. The Bertz CT molecular complexity index is 475. The molecule has 0 bridgehead atoms. The number of ether oxygens (including phenoxy) is 1. The third-order valence-electron chi connectivity index (χ3n) is 3.08. The Balaban J connectivity index is 2.46. The van der Waals surface area contributed by atoms with Crippen LogP contribution < -0.4 is 10.6 Å². The third kappa shape index (κ3) is 7.11. The molecule has 0 aliphatic rings. The van der Waals surface area contributed by atoms with Crippen molar-refractivity contribution in [3.05, 3.63) is 20.3 Å². The van der Waals surface area contributed by atoms with Gasteiger partial charge in [-0.2, -0.15) is 0 Å². The van der Waals surface area contributed by atoms with Crippen molar-refractivity contribution in [1.82, 2.24) is 10.6 Å². The molecule has 1 unspecified atom stereocenters. The van der Waals surface area contributed by atoms with Gasteiger partial charge in [0.1, 0.15) is 5.60 Å². The molecule has 4 nitrogen and oxygen atoms in total. The number of alkyl carbamates (subject to hydrolysis) is 1. The molecular formula is C16H27BrN2O2S. The fourth-order valence-corrected chi connectivity index (χ4v) is 3.44. The van der Waals surface area contributed by atoms with Crippen molar-refractivity contribution in [2.45, 2.75) is 59.7 Å². The number of amides is 1. The summed E-state index contributed by atoms with van der Waals surface area (Å²) in [5, 5.41) is 6.36. The van der Waals surface area contributed by atoms with Crippen LogP contribution in [0, 0.1) is 12.8 Å². The van der Waals surface area contributed by atoms with Gasteiger partial charge in [-0.05, 0) is 55.6 Å². The Hall–Kier alpha value is -0.590. The molecule has 0 aliphatic carbocycles. The number of carbonyl (C=O) groups is 1. The van der Waals surface area contributed by atoms with Gasteiger partial charge in [-0.25, -0.2) is 4.79 Å². The summed E-state index contributed by atoms with van der Waals surface area (Å²) in [5.41, 5.74) is -0.472. The fourth-order valence-electron chi connectivity index (χ4n) is 1.87. The summed E-state index contributed by atoms with van der Waals surface area (Å²) < 4.78 is 6.47. The maximum absolute atomic E-state index is 11.9. The van der Waals surface area contributed by atoms with E-state index in [1.165, 1.54) is 9.75 Å². The lowest BCUT2D eigenvalue weighted by atomic mass is 10.0. The largest absolute Gasteiger partial charge is 0.444 e. The van der Waals surface area contributed by atoms with E-state index in [9.17, 15) is 4.79 Å². The molecule has 1 aromatic rings. The van der Waals surface area contributed by atoms with E-state index in [2.05, 4.69) is 53.4 Å². The lowest BCUT2D eigenvalue weighted by molar-refractivity contribution is 0.0490. The maximum Gasteiger partial charge on any atom is 0.407 e. The summed E-state index contributed by atoms with van der Waals surface area (Å²) in [7, 11) is 0. The van der Waals surface area contributed by atoms with Gasteiger partial charge in [-0.1, -0.05) is 13.8 Å². The molecule has 22 heavy (non-hydrogen) atoms. The number of hydrogen-bond acceptors (Lipinski definition) is 4. The van der Waals surface area contributed by atoms with Gasteiger partial charge in [0.05, 0.1) is 0 Å². The second-order valence-corrected chi connectivity index (χ2v) is 8.94. The Morgan fingerprint density at radius 2 is 2.05 bits per heavy atom. The van der Waals surface area contributed by atoms with Crippen LogP contribution >= 0.6 is 27.3 Å². The van der Waals surface area contributed by atoms with Crippen molar-refractivity contribution < 1.29 is 9.53 Å². The highest BCUT2D eigenvalue weighted by atomic mass is 79.9. The second kappa shape index (κ2) is 8.31. The zero-order valence-electron chi connectivity index (χ0n) is 14.2. The van der Waals surface area contributed by atoms with Gasteiger partial charge in [-0.15, -0.1) is 11.3 Å². The maximum atomic E-state index is 11.9. The van der Waals surface area contributed by atoms with Crippen LogP contribution in [-0.2, 0) is 11.3 Å². The van der Waals surface area contributed by atoms with Crippen molar-refractivity contribution in [1.29, 1.82) is 0 Å². The smallest absolute Gasteiger partial charge is 0.407 e. The minimum absolute atomic E-state index is 0.0411. The minimum Gasteiger partial charge on any atom is -0.444 e. The van der Waals surface area contributed by atoms with Gasteiger partial charge in [0.2, 0.25) is 0 Å². The van der Waals surface area contributed by atoms with Crippen molar-refractivity contribution in [2.75, 3.05) is 6.54 Å². The fraction of sp³-hybridized carbons (Fsp3) is 0.688. The standard InChI is InChI=1S/C16H27BrN2O2S/c1-10(2)14(19-15(20)21-16(4,5)6)9-18-8-12-7-13(17)11(3)22-12/h7,10,14,18H,8-9H2,1-6H3,(H,19,20). The summed E-state index contributed by atoms with van der Waals surface area (Å²) in [6.07, 6.45) is -0.359. The summed E-state index contributed by atoms with van der Waals surface area (Å²) in [6, 6.07) is 2.18. The number of rotatable bonds is 6. The highest BCUT2D eigenvalue weighted by Crippen LogP contribution is 2.26. The first-order valence-corrected chi connectivity index (χ1v) is 9.14. The van der Waals surface area contributed by atoms with Crippen LogP contribution in [0.1, 0.15) is 44.4 Å². The Labute approximate surface area is 146 Å². The molecule has 0 fully saturated rings. The van der Waals surface area contributed by atoms with Crippen LogP contribution in [0.3, 0.4) is 0 Å². The van der Waals surface area contributed by atoms with Gasteiger partial charge in [0, 0.05) is 33.4 Å². The van der Waals surface area contributed by atoms with Crippen LogP contribution in [0.15, 0.2) is 10.5 Å². The quantitative estimate of drug-likeness (QED) is 0.753. The molecule has 1 atom stereocenters. The van der Waals surface area contributed by atoms with E-state index in [0.717, 1.165) is 11.0 Å². The topological polar surface area (TPSA) is 50.4 Å². The molecule has 0 radical (unpaired) electrons. The Morgan fingerprint density at radius 1 is 1.41 bits per heavy atom. The number of nitrogens with one attached hydrogen (secondary N) is 2. The van der Waals surface area contributed by atoms with E-state index in [1.54, 1.807) is 11.3 Å². The molecule has 0 aromatic carbocycles. The van der Waals surface area contributed by atoms with Crippen LogP contribution in [-0.4, -0.2) is 24.3 Å². The van der Waals surface area contributed by atoms with Crippen molar-refractivity contribution in [2.24, 2.45) is 5.92 Å². The SMILES string of the molecule is Cc1sc(CNCC(NC(=O)OC(C)(C)C)C(C)C)cc1Br. The molecule has 0 spiro atoms. The van der Waals surface area contributed by atoms with Crippen LogP contribution in [0.2, 0.25) is 0 Å². The monoisotopic (exact) mass is 390 g/mol. The van der Waals surface area contributed by atoms with Crippen molar-refractivity contribution in [3.63, 3.8) is 0 Å². The lowest BCUT2D eigenvalue weighted by Crippen LogP contribution is -2.46. The predicted octanol–water partition coefficient (Wildman–Crippen LogP) is 4.46. The summed E-state index contributed by atoms with van der Waals surface area (Å²) in [6.45, 7) is 13.4. The van der Waals surface area contributed by atoms with Gasteiger partial charge < -0.3 is 15.4 Å². The summed E-state index contributed by atoms with van der Waals surface area (Å²) in [5.74, 6) is 0.330. The van der Waals surface area contributed by atoms with Crippen LogP contribution in [0.5, 0.6) is 0 Å². The van der Waals surface area contributed by atoms with Crippen molar-refractivity contribution in [3.8, 4) is 0 Å². The number of halogens is 1. The first-order chi connectivity index (χ1) is 10.1. The van der Waals surface area contributed by atoms with Crippen LogP contribution in [0.25, 0.3) is 0 Å². The molecule has 2 N–H and O–H groups in total. The molecular weight excluding hydrogens is 364 g/mol. The first-order valence-electron chi connectivity index (χ1n) is 7.53. The molecule has 0 aliphatic heterocycles. The number of aryl methyl sites for hydroxylation is 1. The molecule has 0 saturated carbocycles. The molecule has 1 aromatic heterocycles.